The van der Waals surface area contributed by atoms with Crippen LogP contribution in [-0.2, 0) is 11.3 Å². The molecule has 2 rings (SSSR count). The number of carboxylic acid groups (broad SMARTS) is 1. The number of aromatic carboxylic acids is 1. The van der Waals surface area contributed by atoms with Crippen molar-refractivity contribution < 1.29 is 14.7 Å². The van der Waals surface area contributed by atoms with Crippen LogP contribution in [0.5, 0.6) is 0 Å². The maximum absolute atomic E-state index is 11.8. The van der Waals surface area contributed by atoms with Gasteiger partial charge in [0.05, 0.1) is 6.20 Å². The Morgan fingerprint density at radius 1 is 1.48 bits per heavy atom. The van der Waals surface area contributed by atoms with Gasteiger partial charge in [0.15, 0.2) is 5.69 Å². The number of hydrogen-bond donors (Lipinski definition) is 2. The third-order valence-electron chi connectivity index (χ3n) is 3.98. The van der Waals surface area contributed by atoms with Crippen LogP contribution in [0.2, 0.25) is 0 Å². The molecule has 7 nitrogen and oxygen atoms in total. The van der Waals surface area contributed by atoms with E-state index in [0.29, 0.717) is 12.5 Å². The standard InChI is InChI=1S/C14H22N4O3/c1-10-3-2-4-11(7-10)5-6-15-13(19)9-18-8-12(14(20)21)16-17-18/h8,10-11H,2-7,9H2,1H3,(H,15,19)(H,20,21). The zero-order chi connectivity index (χ0) is 15.2. The average molecular weight is 294 g/mol. The molecule has 0 saturated heterocycles. The summed E-state index contributed by atoms with van der Waals surface area (Å²) in [4.78, 5) is 22.4. The maximum atomic E-state index is 11.8. The zero-order valence-electron chi connectivity index (χ0n) is 12.3. The van der Waals surface area contributed by atoms with Crippen LogP contribution < -0.4 is 5.32 Å². The van der Waals surface area contributed by atoms with Crippen molar-refractivity contribution in [3.05, 3.63) is 11.9 Å². The molecule has 7 heteroatoms. The first-order valence-corrected chi connectivity index (χ1v) is 7.44. The van der Waals surface area contributed by atoms with Gasteiger partial charge in [-0.05, 0) is 24.7 Å². The predicted molar refractivity (Wildman–Crippen MR) is 75.7 cm³/mol. The summed E-state index contributed by atoms with van der Waals surface area (Å²) in [5.74, 6) is 0.192. The average Bonchev–Trinajstić information content (AvgIpc) is 2.87. The molecule has 1 saturated carbocycles. The molecule has 0 spiro atoms. The minimum atomic E-state index is -1.15. The molecule has 1 amide bonds. The quantitative estimate of drug-likeness (QED) is 0.824. The van der Waals surface area contributed by atoms with Crippen molar-refractivity contribution in [2.24, 2.45) is 11.8 Å². The lowest BCUT2D eigenvalue weighted by molar-refractivity contribution is -0.121. The topological polar surface area (TPSA) is 97.1 Å². The molecule has 1 aliphatic carbocycles. The van der Waals surface area contributed by atoms with Gasteiger partial charge in [0, 0.05) is 6.54 Å². The van der Waals surface area contributed by atoms with E-state index in [1.807, 2.05) is 0 Å². The molecule has 0 aliphatic heterocycles. The first-order chi connectivity index (χ1) is 10.0. The third kappa shape index (κ3) is 4.84. The van der Waals surface area contributed by atoms with E-state index in [0.717, 1.165) is 12.3 Å². The number of rotatable bonds is 6. The Kier molecular flexibility index (Phi) is 5.30. The van der Waals surface area contributed by atoms with E-state index in [2.05, 4.69) is 22.6 Å². The molecule has 2 N–H and O–H groups in total. The summed E-state index contributed by atoms with van der Waals surface area (Å²) < 4.78 is 1.24. The van der Waals surface area contributed by atoms with Crippen molar-refractivity contribution in [2.45, 2.75) is 45.6 Å². The molecule has 0 bridgehead atoms. The number of nitrogens with one attached hydrogen (secondary N) is 1. The summed E-state index contributed by atoms with van der Waals surface area (Å²) in [5.41, 5.74) is -0.154. The molecular formula is C14H22N4O3. The van der Waals surface area contributed by atoms with Crippen molar-refractivity contribution in [3.63, 3.8) is 0 Å². The number of carbonyl (C=O) groups excluding carboxylic acids is 1. The van der Waals surface area contributed by atoms with Crippen LogP contribution in [0.3, 0.4) is 0 Å². The van der Waals surface area contributed by atoms with Gasteiger partial charge in [0.2, 0.25) is 5.91 Å². The number of carbonyl (C=O) groups is 2. The Hall–Kier alpha value is -1.92. The highest BCUT2D eigenvalue weighted by Crippen LogP contribution is 2.30. The molecule has 1 aliphatic rings. The molecule has 116 valence electrons. The smallest absolute Gasteiger partial charge is 0.358 e. The van der Waals surface area contributed by atoms with Gasteiger partial charge in [-0.15, -0.1) is 5.10 Å². The number of amides is 1. The van der Waals surface area contributed by atoms with Gasteiger partial charge >= 0.3 is 5.97 Å². The summed E-state index contributed by atoms with van der Waals surface area (Å²) in [6, 6.07) is 0. The van der Waals surface area contributed by atoms with Crippen LogP contribution >= 0.6 is 0 Å². The highest BCUT2D eigenvalue weighted by Gasteiger charge is 2.18. The van der Waals surface area contributed by atoms with E-state index in [9.17, 15) is 9.59 Å². The molecule has 1 heterocycles. The summed E-state index contributed by atoms with van der Waals surface area (Å²) in [6.07, 6.45) is 7.38. The Bertz CT molecular complexity index is 500. The van der Waals surface area contributed by atoms with E-state index in [1.165, 1.54) is 36.6 Å². The molecule has 2 unspecified atom stereocenters. The Morgan fingerprint density at radius 2 is 2.29 bits per heavy atom. The van der Waals surface area contributed by atoms with Crippen molar-refractivity contribution in [2.75, 3.05) is 6.54 Å². The molecular weight excluding hydrogens is 272 g/mol. The molecule has 1 aromatic rings. The SMILES string of the molecule is CC1CCCC(CCNC(=O)Cn2cc(C(=O)O)nn2)C1. The molecule has 0 radical (unpaired) electrons. The Balaban J connectivity index is 1.68. The second kappa shape index (κ2) is 7.19. The fraction of sp³-hybridized carbons (Fsp3) is 0.714. The van der Waals surface area contributed by atoms with Crippen molar-refractivity contribution >= 4 is 11.9 Å². The van der Waals surface area contributed by atoms with Gasteiger partial charge < -0.3 is 10.4 Å². The van der Waals surface area contributed by atoms with Gasteiger partial charge in [0.25, 0.3) is 0 Å². The number of nitrogens with zero attached hydrogens (tertiary/aromatic N) is 3. The summed E-state index contributed by atoms with van der Waals surface area (Å²) in [5, 5.41) is 18.7. The largest absolute Gasteiger partial charge is 0.476 e. The molecule has 21 heavy (non-hydrogen) atoms. The van der Waals surface area contributed by atoms with E-state index >= 15 is 0 Å². The molecule has 0 aromatic carbocycles. The zero-order valence-corrected chi connectivity index (χ0v) is 12.3. The predicted octanol–water partition coefficient (Wildman–Crippen LogP) is 1.31. The molecule has 1 aromatic heterocycles. The minimum Gasteiger partial charge on any atom is -0.476 e. The van der Waals surface area contributed by atoms with Crippen LogP contribution in [0.25, 0.3) is 0 Å². The number of hydrogen-bond acceptors (Lipinski definition) is 4. The van der Waals surface area contributed by atoms with Crippen LogP contribution in [0.1, 0.15) is 49.5 Å². The maximum Gasteiger partial charge on any atom is 0.358 e. The van der Waals surface area contributed by atoms with E-state index < -0.39 is 5.97 Å². The van der Waals surface area contributed by atoms with E-state index in [4.69, 9.17) is 5.11 Å². The van der Waals surface area contributed by atoms with Gasteiger partial charge in [-0.1, -0.05) is 31.4 Å². The van der Waals surface area contributed by atoms with Gasteiger partial charge in [-0.25, -0.2) is 9.48 Å². The normalized spacial score (nSPS) is 22.0. The fourth-order valence-corrected chi connectivity index (χ4v) is 2.91. The van der Waals surface area contributed by atoms with Gasteiger partial charge in [-0.3, -0.25) is 4.79 Å². The second-order valence-corrected chi connectivity index (χ2v) is 5.88. The Morgan fingerprint density at radius 3 is 2.95 bits per heavy atom. The van der Waals surface area contributed by atoms with Crippen molar-refractivity contribution in [3.8, 4) is 0 Å². The third-order valence-corrected chi connectivity index (χ3v) is 3.98. The van der Waals surface area contributed by atoms with Crippen LogP contribution in [0.15, 0.2) is 6.20 Å². The lowest BCUT2D eigenvalue weighted by atomic mass is 9.81. The van der Waals surface area contributed by atoms with Crippen molar-refractivity contribution in [1.82, 2.24) is 20.3 Å². The van der Waals surface area contributed by atoms with Crippen LogP contribution in [0, 0.1) is 11.8 Å². The molecule has 1 fully saturated rings. The number of aromatic nitrogens is 3. The van der Waals surface area contributed by atoms with E-state index in [-0.39, 0.29) is 18.1 Å². The highest BCUT2D eigenvalue weighted by molar-refractivity contribution is 5.84. The second-order valence-electron chi connectivity index (χ2n) is 5.88. The minimum absolute atomic E-state index is 0.00134. The van der Waals surface area contributed by atoms with Gasteiger partial charge in [-0.2, -0.15) is 0 Å². The first-order valence-electron chi connectivity index (χ1n) is 7.44. The first kappa shape index (κ1) is 15.5. The van der Waals surface area contributed by atoms with Crippen LogP contribution in [0.4, 0.5) is 0 Å². The fourth-order valence-electron chi connectivity index (χ4n) is 2.91. The lowest BCUT2D eigenvalue weighted by Gasteiger charge is -2.26. The summed E-state index contributed by atoms with van der Waals surface area (Å²) in [6.45, 7) is 2.95. The van der Waals surface area contributed by atoms with Crippen LogP contribution in [-0.4, -0.2) is 38.5 Å². The molecule has 2 atom stereocenters. The lowest BCUT2D eigenvalue weighted by Crippen LogP contribution is -2.30. The number of carboxylic acids is 1. The van der Waals surface area contributed by atoms with Crippen molar-refractivity contribution in [1.29, 1.82) is 0 Å². The summed E-state index contributed by atoms with van der Waals surface area (Å²) >= 11 is 0. The Labute approximate surface area is 123 Å². The summed E-state index contributed by atoms with van der Waals surface area (Å²) in [7, 11) is 0. The van der Waals surface area contributed by atoms with Gasteiger partial charge in [0.1, 0.15) is 6.54 Å². The monoisotopic (exact) mass is 294 g/mol. The van der Waals surface area contributed by atoms with E-state index in [1.54, 1.807) is 0 Å². The highest BCUT2D eigenvalue weighted by atomic mass is 16.4.